The van der Waals surface area contributed by atoms with Crippen molar-refractivity contribution in [2.24, 2.45) is 5.41 Å². The highest BCUT2D eigenvalue weighted by molar-refractivity contribution is 5.96. The SMILES string of the molecule is CCCC1(C(=O)Nc2cccc(F)c2C)CCNCC1. The average Bonchev–Trinajstić information content (AvgIpc) is 2.45. The summed E-state index contributed by atoms with van der Waals surface area (Å²) in [6.07, 6.45) is 3.56. The molecule has 0 saturated carbocycles. The van der Waals surface area contributed by atoms with Gasteiger partial charge < -0.3 is 10.6 Å². The molecule has 1 saturated heterocycles. The van der Waals surface area contributed by atoms with Crippen LogP contribution in [0.3, 0.4) is 0 Å². The van der Waals surface area contributed by atoms with E-state index in [1.165, 1.54) is 6.07 Å². The molecule has 2 rings (SSSR count). The summed E-state index contributed by atoms with van der Waals surface area (Å²) in [5.74, 6) is -0.243. The summed E-state index contributed by atoms with van der Waals surface area (Å²) in [6, 6.07) is 4.81. The molecule has 3 nitrogen and oxygen atoms in total. The van der Waals surface area contributed by atoms with Gasteiger partial charge in [-0.05, 0) is 51.4 Å². The molecule has 1 aromatic carbocycles. The van der Waals surface area contributed by atoms with Gasteiger partial charge in [-0.1, -0.05) is 19.4 Å². The first-order valence-electron chi connectivity index (χ1n) is 7.36. The average molecular weight is 278 g/mol. The van der Waals surface area contributed by atoms with E-state index in [2.05, 4.69) is 17.6 Å². The van der Waals surface area contributed by atoms with Gasteiger partial charge in [-0.2, -0.15) is 0 Å². The molecule has 1 fully saturated rings. The third-order valence-electron chi connectivity index (χ3n) is 4.29. The number of hydrogen-bond donors (Lipinski definition) is 2. The number of rotatable bonds is 4. The molecular formula is C16H23FN2O. The molecule has 110 valence electrons. The molecule has 20 heavy (non-hydrogen) atoms. The lowest BCUT2D eigenvalue weighted by Crippen LogP contribution is -2.45. The Morgan fingerprint density at radius 2 is 2.10 bits per heavy atom. The molecule has 1 aliphatic rings. The lowest BCUT2D eigenvalue weighted by atomic mass is 9.74. The molecule has 2 N–H and O–H groups in total. The Morgan fingerprint density at radius 1 is 1.40 bits per heavy atom. The molecule has 0 bridgehead atoms. The monoisotopic (exact) mass is 278 g/mol. The topological polar surface area (TPSA) is 41.1 Å². The first-order chi connectivity index (χ1) is 9.59. The van der Waals surface area contributed by atoms with E-state index in [4.69, 9.17) is 0 Å². The van der Waals surface area contributed by atoms with Gasteiger partial charge in [-0.25, -0.2) is 4.39 Å². The molecule has 0 radical (unpaired) electrons. The first kappa shape index (κ1) is 15.0. The minimum Gasteiger partial charge on any atom is -0.325 e. The van der Waals surface area contributed by atoms with Crippen molar-refractivity contribution < 1.29 is 9.18 Å². The molecule has 0 aromatic heterocycles. The molecule has 4 heteroatoms. The predicted octanol–water partition coefficient (Wildman–Crippen LogP) is 3.24. The zero-order chi connectivity index (χ0) is 14.6. The second-order valence-electron chi connectivity index (χ2n) is 5.65. The van der Waals surface area contributed by atoms with Crippen molar-refractivity contribution in [1.82, 2.24) is 5.32 Å². The van der Waals surface area contributed by atoms with Gasteiger partial charge >= 0.3 is 0 Å². The van der Waals surface area contributed by atoms with Crippen LogP contribution >= 0.6 is 0 Å². The Labute approximate surface area is 120 Å². The van der Waals surface area contributed by atoms with E-state index >= 15 is 0 Å². The van der Waals surface area contributed by atoms with Gasteiger partial charge in [0.1, 0.15) is 5.82 Å². The summed E-state index contributed by atoms with van der Waals surface area (Å²) in [5, 5.41) is 6.24. The third kappa shape index (κ3) is 3.01. The highest BCUT2D eigenvalue weighted by Crippen LogP contribution is 2.35. The molecule has 1 amide bonds. The largest absolute Gasteiger partial charge is 0.325 e. The van der Waals surface area contributed by atoms with Gasteiger partial charge in [0.05, 0.1) is 5.41 Å². The number of carbonyl (C=O) groups excluding carboxylic acids is 1. The molecule has 0 unspecified atom stereocenters. The van der Waals surface area contributed by atoms with Gasteiger partial charge in [0.15, 0.2) is 0 Å². The molecule has 1 heterocycles. The fourth-order valence-electron chi connectivity index (χ4n) is 2.97. The number of nitrogens with one attached hydrogen (secondary N) is 2. The fourth-order valence-corrected chi connectivity index (χ4v) is 2.97. The third-order valence-corrected chi connectivity index (χ3v) is 4.29. The maximum absolute atomic E-state index is 13.6. The van der Waals surface area contributed by atoms with Crippen LogP contribution in [0.4, 0.5) is 10.1 Å². The standard InChI is InChI=1S/C16H23FN2O/c1-3-7-16(8-10-18-11-9-16)15(20)19-14-6-4-5-13(17)12(14)2/h4-6,18H,3,7-11H2,1-2H3,(H,19,20). The number of benzene rings is 1. The van der Waals surface area contributed by atoms with Crippen molar-refractivity contribution in [3.8, 4) is 0 Å². The van der Waals surface area contributed by atoms with Crippen molar-refractivity contribution in [2.45, 2.75) is 39.5 Å². The number of carbonyl (C=O) groups is 1. The molecule has 0 aliphatic carbocycles. The van der Waals surface area contributed by atoms with E-state index in [1.54, 1.807) is 19.1 Å². The van der Waals surface area contributed by atoms with Crippen LogP contribution in [-0.4, -0.2) is 19.0 Å². The van der Waals surface area contributed by atoms with E-state index in [0.717, 1.165) is 38.8 Å². The lowest BCUT2D eigenvalue weighted by Gasteiger charge is -2.36. The number of anilines is 1. The second-order valence-corrected chi connectivity index (χ2v) is 5.65. The van der Waals surface area contributed by atoms with Crippen LogP contribution in [0, 0.1) is 18.2 Å². The Balaban J connectivity index is 2.18. The van der Waals surface area contributed by atoms with Crippen molar-refractivity contribution >= 4 is 11.6 Å². The zero-order valence-electron chi connectivity index (χ0n) is 12.3. The highest BCUT2D eigenvalue weighted by atomic mass is 19.1. The van der Waals surface area contributed by atoms with E-state index in [9.17, 15) is 9.18 Å². The molecule has 1 aliphatic heterocycles. The lowest BCUT2D eigenvalue weighted by molar-refractivity contribution is -0.127. The van der Waals surface area contributed by atoms with Gasteiger partial charge in [-0.3, -0.25) is 4.79 Å². The quantitative estimate of drug-likeness (QED) is 0.887. The maximum Gasteiger partial charge on any atom is 0.230 e. The highest BCUT2D eigenvalue weighted by Gasteiger charge is 2.38. The van der Waals surface area contributed by atoms with Crippen molar-refractivity contribution in [3.63, 3.8) is 0 Å². The van der Waals surface area contributed by atoms with Crippen LogP contribution in [0.25, 0.3) is 0 Å². The Morgan fingerprint density at radius 3 is 2.75 bits per heavy atom. The molecule has 0 atom stereocenters. The minimum absolute atomic E-state index is 0.0366. The van der Waals surface area contributed by atoms with Crippen LogP contribution < -0.4 is 10.6 Å². The molecule has 1 aromatic rings. The summed E-state index contributed by atoms with van der Waals surface area (Å²) in [4.78, 5) is 12.7. The van der Waals surface area contributed by atoms with E-state index < -0.39 is 0 Å². The zero-order valence-corrected chi connectivity index (χ0v) is 12.3. The van der Waals surface area contributed by atoms with Crippen molar-refractivity contribution in [2.75, 3.05) is 18.4 Å². The van der Waals surface area contributed by atoms with Crippen molar-refractivity contribution in [1.29, 1.82) is 0 Å². The summed E-state index contributed by atoms with van der Waals surface area (Å²) >= 11 is 0. The number of piperidine rings is 1. The Kier molecular flexibility index (Phi) is 4.76. The van der Waals surface area contributed by atoms with E-state index in [1.807, 2.05) is 0 Å². The summed E-state index contributed by atoms with van der Waals surface area (Å²) < 4.78 is 13.6. The van der Waals surface area contributed by atoms with Crippen LogP contribution in [0.1, 0.15) is 38.2 Å². The minimum atomic E-state index is -0.307. The van der Waals surface area contributed by atoms with Crippen LogP contribution in [0.15, 0.2) is 18.2 Å². The van der Waals surface area contributed by atoms with Crippen LogP contribution in [0.2, 0.25) is 0 Å². The van der Waals surface area contributed by atoms with Crippen LogP contribution in [-0.2, 0) is 4.79 Å². The number of hydrogen-bond acceptors (Lipinski definition) is 2. The summed E-state index contributed by atoms with van der Waals surface area (Å²) in [6.45, 7) is 5.54. The normalized spacial score (nSPS) is 17.8. The summed E-state index contributed by atoms with van der Waals surface area (Å²) in [7, 11) is 0. The van der Waals surface area contributed by atoms with Crippen LogP contribution in [0.5, 0.6) is 0 Å². The van der Waals surface area contributed by atoms with E-state index in [-0.39, 0.29) is 17.1 Å². The maximum atomic E-state index is 13.6. The predicted molar refractivity (Wildman–Crippen MR) is 79.2 cm³/mol. The number of halogens is 1. The Bertz CT molecular complexity index is 476. The molecular weight excluding hydrogens is 255 g/mol. The van der Waals surface area contributed by atoms with Gasteiger partial charge in [0, 0.05) is 11.3 Å². The van der Waals surface area contributed by atoms with Gasteiger partial charge in [-0.15, -0.1) is 0 Å². The van der Waals surface area contributed by atoms with E-state index in [0.29, 0.717) is 11.3 Å². The smallest absolute Gasteiger partial charge is 0.230 e. The number of amides is 1. The Hall–Kier alpha value is -1.42. The molecule has 0 spiro atoms. The van der Waals surface area contributed by atoms with Gasteiger partial charge in [0.2, 0.25) is 5.91 Å². The van der Waals surface area contributed by atoms with Crippen molar-refractivity contribution in [3.05, 3.63) is 29.6 Å². The summed E-state index contributed by atoms with van der Waals surface area (Å²) in [5.41, 5.74) is 0.782. The first-order valence-corrected chi connectivity index (χ1v) is 7.36. The second kappa shape index (κ2) is 6.35. The van der Waals surface area contributed by atoms with Gasteiger partial charge in [0.25, 0.3) is 0 Å². The fraction of sp³-hybridized carbons (Fsp3) is 0.562.